The molecule has 1 heterocycles. The number of anilines is 1. The molecule has 6 nitrogen and oxygen atoms in total. The maximum absolute atomic E-state index is 13.3. The van der Waals surface area contributed by atoms with Crippen molar-refractivity contribution in [2.75, 3.05) is 25.0 Å². The highest BCUT2D eigenvalue weighted by Crippen LogP contribution is 2.72. The zero-order valence-corrected chi connectivity index (χ0v) is 19.8. The first-order chi connectivity index (χ1) is 15.5. The van der Waals surface area contributed by atoms with Crippen molar-refractivity contribution in [3.63, 3.8) is 0 Å². The van der Waals surface area contributed by atoms with E-state index in [4.69, 9.17) is 0 Å². The smallest absolute Gasteiger partial charge is 0.228 e. The Morgan fingerprint density at radius 2 is 1.59 bits per heavy atom. The van der Waals surface area contributed by atoms with E-state index < -0.39 is 0 Å². The maximum atomic E-state index is 13.3. The number of hydrogen-bond acceptors (Lipinski definition) is 3. The molecule has 32 heavy (non-hydrogen) atoms. The van der Waals surface area contributed by atoms with Crippen LogP contribution in [0.25, 0.3) is 0 Å². The van der Waals surface area contributed by atoms with Crippen LogP contribution < -0.4 is 10.6 Å². The third-order valence-corrected chi connectivity index (χ3v) is 8.41. The molecule has 4 atom stereocenters. The molecule has 0 unspecified atom stereocenters. The number of nitrogens with zero attached hydrogens (tertiary/aromatic N) is 1. The monoisotopic (exact) mass is 499 g/mol. The van der Waals surface area contributed by atoms with Crippen LogP contribution in [0.3, 0.4) is 0 Å². The van der Waals surface area contributed by atoms with Gasteiger partial charge in [0.25, 0.3) is 0 Å². The van der Waals surface area contributed by atoms with E-state index in [1.165, 1.54) is 0 Å². The Morgan fingerprint density at radius 3 is 2.22 bits per heavy atom. The number of carbonyl (C=O) groups excluding carboxylic acids is 3. The Bertz CT molecular complexity index is 934. The number of amides is 3. The normalized spacial score (nSPS) is 28.8. The summed E-state index contributed by atoms with van der Waals surface area (Å²) >= 11 is 3.42. The number of halogens is 1. The van der Waals surface area contributed by atoms with Gasteiger partial charge in [0.15, 0.2) is 0 Å². The predicted octanol–water partition coefficient (Wildman–Crippen LogP) is 3.73. The van der Waals surface area contributed by atoms with E-state index in [2.05, 4.69) is 38.7 Å². The highest BCUT2D eigenvalue weighted by Gasteiger charge is 2.69. The van der Waals surface area contributed by atoms with Crippen LogP contribution >= 0.6 is 15.9 Å². The van der Waals surface area contributed by atoms with Crippen molar-refractivity contribution in [1.29, 1.82) is 0 Å². The Balaban J connectivity index is 1.21. The van der Waals surface area contributed by atoms with Crippen LogP contribution in [0.5, 0.6) is 0 Å². The molecule has 3 amide bonds. The van der Waals surface area contributed by atoms with Crippen molar-refractivity contribution >= 4 is 39.3 Å². The molecule has 2 N–H and O–H groups in total. The third kappa shape index (κ3) is 3.89. The summed E-state index contributed by atoms with van der Waals surface area (Å²) in [5, 5.41) is 6.08. The molecule has 0 radical (unpaired) electrons. The Labute approximate surface area is 197 Å². The summed E-state index contributed by atoms with van der Waals surface area (Å²) in [6.45, 7) is 2.20. The van der Waals surface area contributed by atoms with E-state index in [-0.39, 0.29) is 46.8 Å². The lowest BCUT2D eigenvalue weighted by molar-refractivity contribution is -0.133. The molecule has 1 aliphatic heterocycles. The molecular formula is C25H30BrN3O3. The number of carbonyl (C=O) groups is 3. The van der Waals surface area contributed by atoms with Crippen molar-refractivity contribution in [3.05, 3.63) is 40.9 Å². The lowest BCUT2D eigenvalue weighted by Crippen LogP contribution is -2.42. The Hall–Kier alpha value is -2.15. The number of nitrogens with one attached hydrogen (secondary N) is 2. The molecule has 5 rings (SSSR count). The molecule has 2 saturated carbocycles. The summed E-state index contributed by atoms with van der Waals surface area (Å²) in [4.78, 5) is 40.7. The molecule has 0 aromatic heterocycles. The van der Waals surface area contributed by atoms with Gasteiger partial charge in [-0.1, -0.05) is 28.1 Å². The fraction of sp³-hybridized carbons (Fsp3) is 0.560. The highest BCUT2D eigenvalue weighted by atomic mass is 79.9. The number of allylic oxidation sites excluding steroid dienone is 2. The number of benzene rings is 1. The fourth-order valence-electron chi connectivity index (χ4n) is 6.16. The summed E-state index contributed by atoms with van der Waals surface area (Å²) in [5.74, 6) is -0.338. The zero-order chi connectivity index (χ0) is 22.3. The van der Waals surface area contributed by atoms with E-state index in [1.807, 2.05) is 29.2 Å². The minimum Gasteiger partial charge on any atom is -0.356 e. The van der Waals surface area contributed by atoms with E-state index in [9.17, 15) is 14.4 Å². The van der Waals surface area contributed by atoms with Crippen LogP contribution in [0.1, 0.15) is 38.5 Å². The molecule has 7 heteroatoms. The van der Waals surface area contributed by atoms with Gasteiger partial charge in [0.2, 0.25) is 17.7 Å². The van der Waals surface area contributed by atoms with Gasteiger partial charge in [-0.15, -0.1) is 0 Å². The van der Waals surface area contributed by atoms with Crippen molar-refractivity contribution in [2.45, 2.75) is 38.5 Å². The molecule has 3 fully saturated rings. The first kappa shape index (κ1) is 21.7. The van der Waals surface area contributed by atoms with Gasteiger partial charge in [-0.2, -0.15) is 0 Å². The van der Waals surface area contributed by atoms with Gasteiger partial charge in [0.1, 0.15) is 0 Å². The van der Waals surface area contributed by atoms with E-state index in [1.54, 1.807) is 0 Å². The van der Waals surface area contributed by atoms with Gasteiger partial charge in [-0.25, -0.2) is 0 Å². The van der Waals surface area contributed by atoms with Crippen molar-refractivity contribution in [1.82, 2.24) is 10.2 Å². The summed E-state index contributed by atoms with van der Waals surface area (Å²) in [6.07, 6.45) is 9.80. The second-order valence-electron chi connectivity index (χ2n) is 9.70. The van der Waals surface area contributed by atoms with Gasteiger partial charge in [0, 0.05) is 36.2 Å². The van der Waals surface area contributed by atoms with Crippen molar-refractivity contribution < 1.29 is 14.4 Å². The highest BCUT2D eigenvalue weighted by molar-refractivity contribution is 9.10. The van der Waals surface area contributed by atoms with E-state index >= 15 is 0 Å². The first-order valence-corrected chi connectivity index (χ1v) is 12.6. The summed E-state index contributed by atoms with van der Waals surface area (Å²) in [7, 11) is 0. The molecule has 1 spiro atoms. The average Bonchev–Trinajstić information content (AvgIpc) is 3.14. The SMILES string of the molecule is O=C(NCCCC(=O)N1CCCC1)[C@H]1[C@H](C(=O)Nc2ccc(Br)cc2)[C@@H]2C=C[C@H]1C21CC1. The standard InChI is InChI=1S/C25H30BrN3O3/c26-16-5-7-17(8-6-16)28-24(32)22-19-10-9-18(25(19)11-12-25)21(22)23(31)27-13-3-4-20(30)29-14-1-2-15-29/h5-10,18-19,21-22H,1-4,11-15H2,(H,27,31)(H,28,32)/t18-,19+,21-,22-/m1/s1. The predicted molar refractivity (Wildman–Crippen MR) is 126 cm³/mol. The average molecular weight is 500 g/mol. The molecular weight excluding hydrogens is 470 g/mol. The molecule has 170 valence electrons. The Morgan fingerprint density at radius 1 is 0.969 bits per heavy atom. The van der Waals surface area contributed by atoms with E-state index in [0.29, 0.717) is 19.4 Å². The molecule has 4 aliphatic rings. The molecule has 1 saturated heterocycles. The van der Waals surface area contributed by atoms with Gasteiger partial charge in [0.05, 0.1) is 11.8 Å². The lowest BCUT2D eigenvalue weighted by Gasteiger charge is -2.26. The fourth-order valence-corrected chi connectivity index (χ4v) is 6.43. The summed E-state index contributed by atoms with van der Waals surface area (Å²) < 4.78 is 0.954. The van der Waals surface area contributed by atoms with Crippen LogP contribution in [-0.2, 0) is 14.4 Å². The lowest BCUT2D eigenvalue weighted by atomic mass is 9.81. The molecule has 1 aromatic carbocycles. The van der Waals surface area contributed by atoms with Crippen LogP contribution in [0, 0.1) is 29.1 Å². The summed E-state index contributed by atoms with van der Waals surface area (Å²) in [5.41, 5.74) is 0.851. The van der Waals surface area contributed by atoms with Crippen LogP contribution in [0.15, 0.2) is 40.9 Å². The molecule has 3 aliphatic carbocycles. The van der Waals surface area contributed by atoms with Crippen molar-refractivity contribution in [3.8, 4) is 0 Å². The van der Waals surface area contributed by atoms with Crippen LogP contribution in [-0.4, -0.2) is 42.3 Å². The second kappa shape index (κ2) is 8.65. The summed E-state index contributed by atoms with van der Waals surface area (Å²) in [6, 6.07) is 7.52. The van der Waals surface area contributed by atoms with Crippen LogP contribution in [0.2, 0.25) is 0 Å². The zero-order valence-electron chi connectivity index (χ0n) is 18.2. The second-order valence-corrected chi connectivity index (χ2v) is 10.6. The molecule has 2 bridgehead atoms. The van der Waals surface area contributed by atoms with Crippen molar-refractivity contribution in [2.24, 2.45) is 29.1 Å². The third-order valence-electron chi connectivity index (χ3n) is 7.88. The van der Waals surface area contributed by atoms with E-state index in [0.717, 1.165) is 48.9 Å². The minimum absolute atomic E-state index is 0.0438. The maximum Gasteiger partial charge on any atom is 0.228 e. The quantitative estimate of drug-likeness (QED) is 0.443. The Kier molecular flexibility index (Phi) is 5.86. The largest absolute Gasteiger partial charge is 0.356 e. The van der Waals surface area contributed by atoms with Gasteiger partial charge < -0.3 is 15.5 Å². The number of likely N-dealkylation sites (tertiary alicyclic amines) is 1. The van der Waals surface area contributed by atoms with Gasteiger partial charge >= 0.3 is 0 Å². The van der Waals surface area contributed by atoms with Gasteiger partial charge in [-0.05, 0) is 73.6 Å². The van der Waals surface area contributed by atoms with Gasteiger partial charge in [-0.3, -0.25) is 14.4 Å². The first-order valence-electron chi connectivity index (χ1n) is 11.8. The number of hydrogen-bond donors (Lipinski definition) is 2. The minimum atomic E-state index is -0.345. The number of rotatable bonds is 7. The topological polar surface area (TPSA) is 78.5 Å². The molecule has 1 aromatic rings. The van der Waals surface area contributed by atoms with Crippen LogP contribution in [0.4, 0.5) is 5.69 Å².